The van der Waals surface area contributed by atoms with Crippen molar-refractivity contribution in [3.63, 3.8) is 0 Å². The first-order valence-corrected chi connectivity index (χ1v) is 10.4. The molecule has 1 atom stereocenters. The normalized spacial score (nSPS) is 20.6. The monoisotopic (exact) mass is 447 g/mol. The van der Waals surface area contributed by atoms with Crippen molar-refractivity contribution in [2.45, 2.75) is 6.10 Å². The first-order valence-electron chi connectivity index (χ1n) is 10.0. The van der Waals surface area contributed by atoms with Crippen LogP contribution in [0.5, 0.6) is 5.88 Å². The summed E-state index contributed by atoms with van der Waals surface area (Å²) in [6.07, 6.45) is -0.721. The molecule has 2 aromatic rings. The first kappa shape index (κ1) is 20.0. The lowest BCUT2D eigenvalue weighted by atomic mass is 9.95. The molecule has 3 aliphatic rings. The Bertz CT molecular complexity index is 1140. The van der Waals surface area contributed by atoms with Crippen molar-refractivity contribution < 1.29 is 19.1 Å². The fourth-order valence-corrected chi connectivity index (χ4v) is 4.40. The summed E-state index contributed by atoms with van der Waals surface area (Å²) in [6, 6.07) is 3.37. The van der Waals surface area contributed by atoms with Crippen molar-refractivity contribution in [1.82, 2.24) is 9.97 Å². The third-order valence-corrected chi connectivity index (χ3v) is 5.95. The zero-order valence-electron chi connectivity index (χ0n) is 16.6. The zero-order chi connectivity index (χ0) is 21.5. The molecule has 164 valence electrons. The van der Waals surface area contributed by atoms with Gasteiger partial charge < -0.3 is 29.0 Å². The lowest BCUT2D eigenvalue weighted by Crippen LogP contribution is -2.40. The molecular weight excluding hydrogens is 426 g/mol. The molecule has 3 aliphatic heterocycles. The molecule has 2 saturated heterocycles. The van der Waals surface area contributed by atoms with Gasteiger partial charge >= 0.3 is 0 Å². The van der Waals surface area contributed by atoms with E-state index in [2.05, 4.69) is 14.9 Å². The number of nitrogens with zero attached hydrogens (tertiary/aromatic N) is 3. The third kappa shape index (κ3) is 3.56. The number of aromatic nitrogens is 2. The van der Waals surface area contributed by atoms with E-state index in [1.807, 2.05) is 11.0 Å². The van der Waals surface area contributed by atoms with Crippen molar-refractivity contribution in [1.29, 1.82) is 0 Å². The number of nitro benzene ring substituents is 1. The van der Waals surface area contributed by atoms with E-state index in [9.17, 15) is 14.9 Å². The van der Waals surface area contributed by atoms with Gasteiger partial charge in [-0.05, 0) is 18.3 Å². The van der Waals surface area contributed by atoms with Crippen molar-refractivity contribution in [3.8, 4) is 5.88 Å². The molecule has 0 aliphatic carbocycles. The Morgan fingerprint density at radius 2 is 1.61 bits per heavy atom. The lowest BCUT2D eigenvalue weighted by Gasteiger charge is -2.37. The Kier molecular flexibility index (Phi) is 5.12. The topological polar surface area (TPSA) is 126 Å². The van der Waals surface area contributed by atoms with E-state index in [1.54, 1.807) is 0 Å². The number of rotatable bonds is 4. The van der Waals surface area contributed by atoms with E-state index >= 15 is 0 Å². The summed E-state index contributed by atoms with van der Waals surface area (Å²) in [5.74, 6) is 0.298. The van der Waals surface area contributed by atoms with E-state index < -0.39 is 6.10 Å². The Morgan fingerprint density at radius 1 is 1.00 bits per heavy atom. The van der Waals surface area contributed by atoms with Gasteiger partial charge in [0.15, 0.2) is 10.9 Å². The summed E-state index contributed by atoms with van der Waals surface area (Å²) < 4.78 is 16.9. The van der Waals surface area contributed by atoms with Crippen LogP contribution in [0.2, 0.25) is 0 Å². The van der Waals surface area contributed by atoms with E-state index in [0.29, 0.717) is 75.3 Å². The van der Waals surface area contributed by atoms with Gasteiger partial charge in [-0.1, -0.05) is 0 Å². The van der Waals surface area contributed by atoms with Gasteiger partial charge in [0, 0.05) is 43.5 Å². The molecule has 12 heteroatoms. The predicted molar refractivity (Wildman–Crippen MR) is 114 cm³/mol. The van der Waals surface area contributed by atoms with Crippen LogP contribution in [0.4, 0.5) is 17.1 Å². The fraction of sp³-hybridized carbons (Fsp3) is 0.474. The summed E-state index contributed by atoms with van der Waals surface area (Å²) in [7, 11) is 0. The van der Waals surface area contributed by atoms with Crippen LogP contribution in [0, 0.1) is 14.9 Å². The van der Waals surface area contributed by atoms with Gasteiger partial charge in [0.1, 0.15) is 11.3 Å². The highest BCUT2D eigenvalue weighted by Gasteiger charge is 2.39. The van der Waals surface area contributed by atoms with Crippen LogP contribution in [-0.4, -0.2) is 67.5 Å². The highest BCUT2D eigenvalue weighted by atomic mass is 32.1. The number of nitrogens with one attached hydrogen (secondary N) is 2. The Labute approximate surface area is 181 Å². The van der Waals surface area contributed by atoms with Gasteiger partial charge in [-0.3, -0.25) is 19.9 Å². The number of morpholine rings is 2. The predicted octanol–water partition coefficient (Wildman–Crippen LogP) is 1.50. The van der Waals surface area contributed by atoms with Crippen LogP contribution in [0.15, 0.2) is 16.9 Å². The molecule has 5 rings (SSSR count). The number of hydrogen-bond donors (Lipinski definition) is 2. The second-order valence-electron chi connectivity index (χ2n) is 7.50. The summed E-state index contributed by atoms with van der Waals surface area (Å²) in [5.41, 5.74) is 1.92. The number of nitro groups is 1. The van der Waals surface area contributed by atoms with Crippen molar-refractivity contribution in [2.75, 3.05) is 62.4 Å². The van der Waals surface area contributed by atoms with Crippen molar-refractivity contribution in [2.24, 2.45) is 0 Å². The molecule has 0 unspecified atom stereocenters. The van der Waals surface area contributed by atoms with Crippen LogP contribution >= 0.6 is 12.2 Å². The molecule has 1 aromatic heterocycles. The first-order chi connectivity index (χ1) is 15.0. The molecule has 0 amide bonds. The highest BCUT2D eigenvalue weighted by molar-refractivity contribution is 7.71. The molecule has 0 saturated carbocycles. The van der Waals surface area contributed by atoms with E-state index in [1.165, 1.54) is 6.07 Å². The molecule has 31 heavy (non-hydrogen) atoms. The number of hydrogen-bond acceptors (Lipinski definition) is 9. The number of fused-ring (bicyclic) bond motifs is 1. The summed E-state index contributed by atoms with van der Waals surface area (Å²) in [4.78, 5) is 33.6. The van der Waals surface area contributed by atoms with Crippen LogP contribution in [0.1, 0.15) is 17.2 Å². The van der Waals surface area contributed by atoms with Gasteiger partial charge in [-0.25, -0.2) is 0 Å². The number of aromatic amines is 2. The average molecular weight is 447 g/mol. The van der Waals surface area contributed by atoms with Gasteiger partial charge in [0.05, 0.1) is 31.4 Å². The molecule has 0 radical (unpaired) electrons. The maximum atomic E-state index is 12.5. The summed E-state index contributed by atoms with van der Waals surface area (Å²) in [6.45, 7) is 4.56. The molecule has 0 spiro atoms. The van der Waals surface area contributed by atoms with Crippen molar-refractivity contribution in [3.05, 3.63) is 48.5 Å². The maximum absolute atomic E-state index is 12.5. The summed E-state index contributed by atoms with van der Waals surface area (Å²) >= 11 is 4.99. The Balaban J connectivity index is 1.65. The Hall–Kier alpha value is -2.96. The van der Waals surface area contributed by atoms with Gasteiger partial charge in [-0.15, -0.1) is 0 Å². The molecule has 2 fully saturated rings. The van der Waals surface area contributed by atoms with E-state index in [0.717, 1.165) is 5.69 Å². The molecule has 4 heterocycles. The van der Waals surface area contributed by atoms with Gasteiger partial charge in [0.2, 0.25) is 5.88 Å². The zero-order valence-corrected chi connectivity index (χ0v) is 17.4. The number of H-pyrrole nitrogens is 2. The van der Waals surface area contributed by atoms with Gasteiger partial charge in [-0.2, -0.15) is 0 Å². The van der Waals surface area contributed by atoms with Crippen LogP contribution in [0.3, 0.4) is 0 Å². The van der Waals surface area contributed by atoms with E-state index in [-0.39, 0.29) is 20.9 Å². The lowest BCUT2D eigenvalue weighted by molar-refractivity contribution is -0.384. The quantitative estimate of drug-likeness (QED) is 0.407. The van der Waals surface area contributed by atoms with Crippen LogP contribution in [0.25, 0.3) is 0 Å². The second-order valence-corrected chi connectivity index (χ2v) is 7.91. The van der Waals surface area contributed by atoms with Crippen LogP contribution in [-0.2, 0) is 9.47 Å². The minimum absolute atomic E-state index is 0.0220. The number of ether oxygens (including phenoxy) is 3. The molecule has 11 nitrogen and oxygen atoms in total. The van der Waals surface area contributed by atoms with E-state index in [4.69, 9.17) is 26.4 Å². The highest BCUT2D eigenvalue weighted by Crippen LogP contribution is 2.46. The average Bonchev–Trinajstić information content (AvgIpc) is 2.76. The molecule has 1 aromatic carbocycles. The smallest absolute Gasteiger partial charge is 0.293 e. The minimum Gasteiger partial charge on any atom is -0.465 e. The van der Waals surface area contributed by atoms with Crippen LogP contribution < -0.4 is 20.1 Å². The fourth-order valence-electron chi connectivity index (χ4n) is 4.22. The minimum atomic E-state index is -0.721. The van der Waals surface area contributed by atoms with Crippen molar-refractivity contribution >= 4 is 29.3 Å². The van der Waals surface area contributed by atoms with Gasteiger partial charge in [0.25, 0.3) is 11.2 Å². The largest absolute Gasteiger partial charge is 0.465 e. The SMILES string of the molecule is O=c1[nH]c(=S)[nH]c2c1[C@H](c1cc([N+](=O)[O-])c(N3CCOCC3)cc1N1CCOCC1)O2. The number of anilines is 2. The maximum Gasteiger partial charge on any atom is 0.293 e. The standard InChI is InChI=1S/C19H21N5O6S/c25-17-15-16(30-18(15)21-19(31)20-17)11-9-14(24(26)27)13(23-3-7-29-8-4-23)10-12(11)22-1-5-28-6-2-22/h9-10,16H,1-8H2,(H2,20,21,25,31)/t16-/m0/s1. The second kappa shape index (κ2) is 7.94. The third-order valence-electron chi connectivity index (χ3n) is 5.75. The molecule has 2 N–H and O–H groups in total. The Morgan fingerprint density at radius 3 is 2.19 bits per heavy atom. The number of benzene rings is 1. The summed E-state index contributed by atoms with van der Waals surface area (Å²) in [5, 5.41) is 12.0. The molecule has 0 bridgehead atoms. The molecular formula is C19H21N5O6S.